The number of methoxy groups -OCH3 is 1. The summed E-state index contributed by atoms with van der Waals surface area (Å²) in [6.07, 6.45) is 2.03. The van der Waals surface area contributed by atoms with E-state index in [0.717, 1.165) is 16.9 Å². The Morgan fingerprint density at radius 1 is 1.19 bits per heavy atom. The van der Waals surface area contributed by atoms with Crippen molar-refractivity contribution in [1.29, 1.82) is 0 Å². The van der Waals surface area contributed by atoms with Gasteiger partial charge in [-0.1, -0.05) is 37.6 Å². The number of hydrogen-bond acceptors (Lipinski definition) is 4. The SMILES string of the molecule is COc1cc(CCNC(=O)c2cnn(-c3cccc(Cl)c3)c2C(C)C)ccc1OC(F)F. The Hall–Kier alpha value is -3.13. The lowest BCUT2D eigenvalue weighted by atomic mass is 10.0. The zero-order valence-electron chi connectivity index (χ0n) is 17.9. The normalized spacial score (nSPS) is 11.1. The highest BCUT2D eigenvalue weighted by molar-refractivity contribution is 6.30. The predicted molar refractivity (Wildman–Crippen MR) is 118 cm³/mol. The van der Waals surface area contributed by atoms with Gasteiger partial charge in [0.25, 0.3) is 5.91 Å². The molecule has 0 bridgehead atoms. The molecule has 32 heavy (non-hydrogen) atoms. The summed E-state index contributed by atoms with van der Waals surface area (Å²) in [6, 6.07) is 12.0. The van der Waals surface area contributed by atoms with Gasteiger partial charge in [0.1, 0.15) is 0 Å². The number of aromatic nitrogens is 2. The lowest BCUT2D eigenvalue weighted by Crippen LogP contribution is -2.26. The Kier molecular flexibility index (Phi) is 7.69. The number of carbonyl (C=O) groups excluding carboxylic acids is 1. The van der Waals surface area contributed by atoms with Crippen molar-refractivity contribution in [3.63, 3.8) is 0 Å². The molecule has 9 heteroatoms. The lowest BCUT2D eigenvalue weighted by Gasteiger charge is -2.14. The van der Waals surface area contributed by atoms with E-state index in [9.17, 15) is 13.6 Å². The summed E-state index contributed by atoms with van der Waals surface area (Å²) in [7, 11) is 1.38. The summed E-state index contributed by atoms with van der Waals surface area (Å²) < 4.78 is 36.2. The Balaban J connectivity index is 1.70. The van der Waals surface area contributed by atoms with Gasteiger partial charge in [-0.05, 0) is 48.2 Å². The van der Waals surface area contributed by atoms with Crippen LogP contribution in [0.4, 0.5) is 8.78 Å². The summed E-state index contributed by atoms with van der Waals surface area (Å²) >= 11 is 6.10. The van der Waals surface area contributed by atoms with Crippen LogP contribution in [0.3, 0.4) is 0 Å². The smallest absolute Gasteiger partial charge is 0.387 e. The summed E-state index contributed by atoms with van der Waals surface area (Å²) in [5.41, 5.74) is 2.85. The number of rotatable bonds is 9. The number of alkyl halides is 2. The van der Waals surface area contributed by atoms with Crippen LogP contribution in [0.15, 0.2) is 48.7 Å². The van der Waals surface area contributed by atoms with Crippen molar-refractivity contribution in [3.8, 4) is 17.2 Å². The van der Waals surface area contributed by atoms with Crippen LogP contribution in [-0.4, -0.2) is 36.0 Å². The van der Waals surface area contributed by atoms with E-state index < -0.39 is 6.61 Å². The highest BCUT2D eigenvalue weighted by Gasteiger charge is 2.21. The summed E-state index contributed by atoms with van der Waals surface area (Å²) in [4.78, 5) is 12.9. The molecule has 0 aliphatic heterocycles. The molecular formula is C23H24ClF2N3O3. The molecule has 0 saturated heterocycles. The Bertz CT molecular complexity index is 1090. The van der Waals surface area contributed by atoms with Crippen molar-refractivity contribution in [3.05, 3.63) is 70.5 Å². The highest BCUT2D eigenvalue weighted by atomic mass is 35.5. The van der Waals surface area contributed by atoms with Crippen LogP contribution in [0.2, 0.25) is 5.02 Å². The number of carbonyl (C=O) groups is 1. The molecule has 0 fully saturated rings. The molecule has 1 heterocycles. The van der Waals surface area contributed by atoms with Crippen molar-refractivity contribution in [1.82, 2.24) is 15.1 Å². The number of benzene rings is 2. The molecule has 1 N–H and O–H groups in total. The number of halogens is 3. The second-order valence-corrected chi connectivity index (χ2v) is 7.80. The average Bonchev–Trinajstić information content (AvgIpc) is 3.20. The van der Waals surface area contributed by atoms with E-state index in [2.05, 4.69) is 15.2 Å². The average molecular weight is 464 g/mol. The van der Waals surface area contributed by atoms with Crippen LogP contribution >= 0.6 is 11.6 Å². The molecule has 3 aromatic rings. The Morgan fingerprint density at radius 2 is 1.97 bits per heavy atom. The third kappa shape index (κ3) is 5.56. The summed E-state index contributed by atoms with van der Waals surface area (Å²) in [5, 5.41) is 7.87. The van der Waals surface area contributed by atoms with Gasteiger partial charge in [0.2, 0.25) is 0 Å². The number of amides is 1. The van der Waals surface area contributed by atoms with Crippen LogP contribution in [-0.2, 0) is 6.42 Å². The first-order chi connectivity index (χ1) is 15.3. The molecule has 0 saturated carbocycles. The maximum Gasteiger partial charge on any atom is 0.387 e. The molecule has 170 valence electrons. The van der Waals surface area contributed by atoms with E-state index in [1.165, 1.54) is 13.2 Å². The van der Waals surface area contributed by atoms with Crippen LogP contribution in [0.1, 0.15) is 41.4 Å². The van der Waals surface area contributed by atoms with Gasteiger partial charge in [-0.25, -0.2) is 4.68 Å². The fraction of sp³-hybridized carbons (Fsp3) is 0.304. The van der Waals surface area contributed by atoms with Gasteiger partial charge in [0.05, 0.1) is 30.3 Å². The number of ether oxygens (including phenoxy) is 2. The third-order valence-corrected chi connectivity index (χ3v) is 5.03. The predicted octanol–water partition coefficient (Wildman–Crippen LogP) is 5.23. The Morgan fingerprint density at radius 3 is 2.62 bits per heavy atom. The van der Waals surface area contributed by atoms with Gasteiger partial charge in [0, 0.05) is 11.6 Å². The van der Waals surface area contributed by atoms with Gasteiger partial charge < -0.3 is 14.8 Å². The standard InChI is InChI=1S/C23H24ClF2N3O3/c1-14(2)21-18(13-28-29(21)17-6-4-5-16(24)12-17)22(30)27-10-9-15-7-8-19(32-23(25)26)20(11-15)31-3/h4-8,11-14,23H,9-10H2,1-3H3,(H,27,30). The fourth-order valence-corrected chi connectivity index (χ4v) is 3.56. The number of hydrogen-bond donors (Lipinski definition) is 1. The molecule has 1 aromatic heterocycles. The largest absolute Gasteiger partial charge is 0.493 e. The molecule has 0 aliphatic rings. The molecule has 3 rings (SSSR count). The van der Waals surface area contributed by atoms with E-state index in [0.29, 0.717) is 23.6 Å². The number of nitrogens with zero attached hydrogens (tertiary/aromatic N) is 2. The van der Waals surface area contributed by atoms with Gasteiger partial charge in [-0.15, -0.1) is 0 Å². The first-order valence-corrected chi connectivity index (χ1v) is 10.4. The van der Waals surface area contributed by atoms with Crippen molar-refractivity contribution < 1.29 is 23.0 Å². The number of nitrogens with one attached hydrogen (secondary N) is 1. The van der Waals surface area contributed by atoms with E-state index in [1.807, 2.05) is 26.0 Å². The summed E-state index contributed by atoms with van der Waals surface area (Å²) in [5.74, 6) is -0.0280. The quantitative estimate of drug-likeness (QED) is 0.472. The highest BCUT2D eigenvalue weighted by Crippen LogP contribution is 2.29. The minimum absolute atomic E-state index is 0.0368. The molecule has 6 nitrogen and oxygen atoms in total. The van der Waals surface area contributed by atoms with Crippen molar-refractivity contribution in [2.24, 2.45) is 0 Å². The van der Waals surface area contributed by atoms with Gasteiger partial charge >= 0.3 is 6.61 Å². The molecule has 2 aromatic carbocycles. The Labute approximate surface area is 190 Å². The molecule has 0 radical (unpaired) electrons. The minimum atomic E-state index is -2.93. The van der Waals surface area contributed by atoms with E-state index in [4.69, 9.17) is 16.3 Å². The second kappa shape index (κ2) is 10.5. The van der Waals surface area contributed by atoms with Crippen molar-refractivity contribution in [2.75, 3.05) is 13.7 Å². The van der Waals surface area contributed by atoms with Crippen LogP contribution < -0.4 is 14.8 Å². The van der Waals surface area contributed by atoms with Crippen molar-refractivity contribution >= 4 is 17.5 Å². The van der Waals surface area contributed by atoms with Crippen LogP contribution in [0, 0.1) is 0 Å². The minimum Gasteiger partial charge on any atom is -0.493 e. The topological polar surface area (TPSA) is 65.4 Å². The maximum absolute atomic E-state index is 12.9. The van der Waals surface area contributed by atoms with Gasteiger partial charge in [-0.3, -0.25) is 4.79 Å². The first kappa shape index (κ1) is 23.5. The zero-order valence-corrected chi connectivity index (χ0v) is 18.7. The van der Waals surface area contributed by atoms with Gasteiger partial charge in [0.15, 0.2) is 11.5 Å². The molecular weight excluding hydrogens is 440 g/mol. The fourth-order valence-electron chi connectivity index (χ4n) is 3.38. The summed E-state index contributed by atoms with van der Waals surface area (Å²) in [6.45, 7) is 1.39. The van der Waals surface area contributed by atoms with E-state index in [-0.39, 0.29) is 23.3 Å². The molecule has 0 aliphatic carbocycles. The monoisotopic (exact) mass is 463 g/mol. The van der Waals surface area contributed by atoms with Crippen LogP contribution in [0.25, 0.3) is 5.69 Å². The zero-order chi connectivity index (χ0) is 23.3. The third-order valence-electron chi connectivity index (χ3n) is 4.79. The van der Waals surface area contributed by atoms with E-state index in [1.54, 1.807) is 35.1 Å². The molecule has 0 unspecified atom stereocenters. The first-order valence-electron chi connectivity index (χ1n) is 10.0. The lowest BCUT2D eigenvalue weighted by molar-refractivity contribution is -0.0512. The molecule has 0 spiro atoms. The molecule has 0 atom stereocenters. The second-order valence-electron chi connectivity index (χ2n) is 7.36. The van der Waals surface area contributed by atoms with Crippen LogP contribution in [0.5, 0.6) is 11.5 Å². The van der Waals surface area contributed by atoms with E-state index >= 15 is 0 Å². The van der Waals surface area contributed by atoms with Gasteiger partial charge in [-0.2, -0.15) is 13.9 Å². The van der Waals surface area contributed by atoms with Crippen molar-refractivity contribution in [2.45, 2.75) is 32.8 Å². The molecule has 1 amide bonds. The maximum atomic E-state index is 12.9.